The Hall–Kier alpha value is -1.89. The van der Waals surface area contributed by atoms with Gasteiger partial charge in [-0.1, -0.05) is 41.9 Å². The highest BCUT2D eigenvalue weighted by Crippen LogP contribution is 2.25. The van der Waals surface area contributed by atoms with E-state index in [1.165, 1.54) is 4.31 Å². The average Bonchev–Trinajstić information content (AvgIpc) is 2.64. The Morgan fingerprint density at radius 3 is 2.67 bits per heavy atom. The molecule has 2 aromatic carbocycles. The summed E-state index contributed by atoms with van der Waals surface area (Å²) in [6.07, 6.45) is 1.35. The van der Waals surface area contributed by atoms with Crippen LogP contribution in [-0.2, 0) is 20.6 Å². The van der Waals surface area contributed by atoms with Crippen molar-refractivity contribution in [2.24, 2.45) is 5.92 Å². The second kappa shape index (κ2) is 8.42. The van der Waals surface area contributed by atoms with E-state index in [0.29, 0.717) is 30.1 Å². The number of hydrogen-bond donors (Lipinski definition) is 1. The lowest BCUT2D eigenvalue weighted by molar-refractivity contribution is -0.120. The maximum absolute atomic E-state index is 12.8. The van der Waals surface area contributed by atoms with Crippen LogP contribution in [0.5, 0.6) is 0 Å². The van der Waals surface area contributed by atoms with E-state index in [4.69, 9.17) is 11.6 Å². The number of amides is 1. The largest absolute Gasteiger partial charge is 0.326 e. The summed E-state index contributed by atoms with van der Waals surface area (Å²) in [5.41, 5.74) is 2.33. The number of aryl methyl sites for hydroxylation is 1. The van der Waals surface area contributed by atoms with Crippen LogP contribution >= 0.6 is 11.6 Å². The maximum Gasteiger partial charge on any atom is 0.228 e. The summed E-state index contributed by atoms with van der Waals surface area (Å²) in [6.45, 7) is 2.55. The third-order valence-electron chi connectivity index (χ3n) is 4.79. The van der Waals surface area contributed by atoms with Gasteiger partial charge in [0.25, 0.3) is 0 Å². The molecule has 3 rings (SSSR count). The molecule has 1 aliphatic heterocycles. The molecule has 1 amide bonds. The van der Waals surface area contributed by atoms with Gasteiger partial charge in [0.2, 0.25) is 15.9 Å². The van der Waals surface area contributed by atoms with Gasteiger partial charge in [0.15, 0.2) is 0 Å². The van der Waals surface area contributed by atoms with Crippen LogP contribution < -0.4 is 5.32 Å². The molecule has 0 aliphatic carbocycles. The first-order valence-corrected chi connectivity index (χ1v) is 10.9. The minimum atomic E-state index is -3.45. The minimum absolute atomic E-state index is 0.0432. The second-order valence-corrected chi connectivity index (χ2v) is 9.29. The third-order valence-corrected chi connectivity index (χ3v) is 6.84. The van der Waals surface area contributed by atoms with Gasteiger partial charge < -0.3 is 5.32 Å². The van der Waals surface area contributed by atoms with E-state index in [0.717, 1.165) is 11.1 Å². The third kappa shape index (κ3) is 5.09. The molecule has 2 aromatic rings. The normalized spacial score (nSPS) is 18.2. The predicted octanol–water partition coefficient (Wildman–Crippen LogP) is 3.83. The molecule has 144 valence electrons. The predicted molar refractivity (Wildman–Crippen MR) is 108 cm³/mol. The lowest BCUT2D eigenvalue weighted by atomic mass is 9.98. The zero-order valence-corrected chi connectivity index (χ0v) is 16.8. The molecular weight excluding hydrogens is 384 g/mol. The summed E-state index contributed by atoms with van der Waals surface area (Å²) in [5, 5.41) is 3.52. The van der Waals surface area contributed by atoms with Crippen molar-refractivity contribution in [3.8, 4) is 0 Å². The Morgan fingerprint density at radius 2 is 1.96 bits per heavy atom. The molecule has 27 heavy (non-hydrogen) atoms. The number of nitrogens with one attached hydrogen (secondary N) is 1. The Morgan fingerprint density at radius 1 is 1.22 bits per heavy atom. The standard InChI is InChI=1S/C20H23ClN2O3S/c1-15-12-18(21)9-10-19(15)22-20(24)17-8-5-11-23(13-17)27(25,26)14-16-6-3-2-4-7-16/h2-4,6-7,9-10,12,17H,5,8,11,13-14H2,1H3,(H,22,24). The number of hydrogen-bond acceptors (Lipinski definition) is 3. The number of sulfonamides is 1. The zero-order chi connectivity index (χ0) is 19.4. The van der Waals surface area contributed by atoms with E-state index >= 15 is 0 Å². The van der Waals surface area contributed by atoms with Gasteiger partial charge in [-0.3, -0.25) is 4.79 Å². The van der Waals surface area contributed by atoms with Crippen LogP contribution in [0.2, 0.25) is 5.02 Å². The molecule has 0 spiro atoms. The van der Waals surface area contributed by atoms with E-state index in [-0.39, 0.29) is 24.1 Å². The van der Waals surface area contributed by atoms with Gasteiger partial charge in [-0.2, -0.15) is 0 Å². The maximum atomic E-state index is 12.8. The molecule has 0 saturated carbocycles. The Kier molecular flexibility index (Phi) is 6.19. The van der Waals surface area contributed by atoms with Gasteiger partial charge in [0, 0.05) is 23.8 Å². The fourth-order valence-corrected chi connectivity index (χ4v) is 5.12. The van der Waals surface area contributed by atoms with Gasteiger partial charge in [-0.05, 0) is 49.1 Å². The number of halogens is 1. The number of carbonyl (C=O) groups excluding carboxylic acids is 1. The first-order valence-electron chi connectivity index (χ1n) is 8.94. The highest BCUT2D eigenvalue weighted by Gasteiger charge is 2.32. The summed E-state index contributed by atoms with van der Waals surface area (Å²) in [6, 6.07) is 14.4. The first kappa shape index (κ1) is 19.9. The van der Waals surface area contributed by atoms with Crippen LogP contribution in [0.15, 0.2) is 48.5 Å². The van der Waals surface area contributed by atoms with Crippen LogP contribution in [0.25, 0.3) is 0 Å². The van der Waals surface area contributed by atoms with Gasteiger partial charge >= 0.3 is 0 Å². The number of nitrogens with zero attached hydrogens (tertiary/aromatic N) is 1. The van der Waals surface area contributed by atoms with Gasteiger partial charge in [-0.15, -0.1) is 0 Å². The molecule has 0 bridgehead atoms. The molecule has 7 heteroatoms. The number of benzene rings is 2. The minimum Gasteiger partial charge on any atom is -0.326 e. The summed E-state index contributed by atoms with van der Waals surface area (Å²) in [7, 11) is -3.45. The second-order valence-electron chi connectivity index (χ2n) is 6.89. The number of piperidine rings is 1. The molecule has 5 nitrogen and oxygen atoms in total. The summed E-state index contributed by atoms with van der Waals surface area (Å²) >= 11 is 5.95. The van der Waals surface area contributed by atoms with Crippen LogP contribution in [0.4, 0.5) is 5.69 Å². The van der Waals surface area contributed by atoms with Crippen LogP contribution in [-0.4, -0.2) is 31.7 Å². The summed E-state index contributed by atoms with van der Waals surface area (Å²) in [4.78, 5) is 12.7. The van der Waals surface area contributed by atoms with E-state index < -0.39 is 10.0 Å². The zero-order valence-electron chi connectivity index (χ0n) is 15.2. The summed E-state index contributed by atoms with van der Waals surface area (Å²) in [5.74, 6) is -0.558. The van der Waals surface area contributed by atoms with Crippen LogP contribution in [0, 0.1) is 12.8 Å². The molecule has 0 radical (unpaired) electrons. The van der Waals surface area contributed by atoms with Crippen molar-refractivity contribution in [1.29, 1.82) is 0 Å². The van der Waals surface area contributed by atoms with Gasteiger partial charge in [0.05, 0.1) is 11.7 Å². The molecule has 1 N–H and O–H groups in total. The Balaban J connectivity index is 1.67. The lowest BCUT2D eigenvalue weighted by Gasteiger charge is -2.31. The van der Waals surface area contributed by atoms with Gasteiger partial charge in [0.1, 0.15) is 0 Å². The van der Waals surface area contributed by atoms with E-state index in [2.05, 4.69) is 5.32 Å². The van der Waals surface area contributed by atoms with Gasteiger partial charge in [-0.25, -0.2) is 12.7 Å². The highest BCUT2D eigenvalue weighted by atomic mass is 35.5. The molecular formula is C20H23ClN2O3S. The SMILES string of the molecule is Cc1cc(Cl)ccc1NC(=O)C1CCCN(S(=O)(=O)Cc2ccccc2)C1. The molecule has 1 heterocycles. The Labute approximate surface area is 165 Å². The Bertz CT molecular complexity index is 916. The van der Waals surface area contributed by atoms with E-state index in [9.17, 15) is 13.2 Å². The first-order chi connectivity index (χ1) is 12.8. The van der Waals surface area contributed by atoms with Crippen molar-refractivity contribution in [1.82, 2.24) is 4.31 Å². The average molecular weight is 407 g/mol. The van der Waals surface area contributed by atoms with Crippen molar-refractivity contribution in [2.45, 2.75) is 25.5 Å². The van der Waals surface area contributed by atoms with E-state index in [1.807, 2.05) is 25.1 Å². The van der Waals surface area contributed by atoms with Crippen molar-refractivity contribution >= 4 is 33.2 Å². The number of carbonyl (C=O) groups is 1. The lowest BCUT2D eigenvalue weighted by Crippen LogP contribution is -2.44. The fourth-order valence-electron chi connectivity index (χ4n) is 3.29. The molecule has 1 aliphatic rings. The monoisotopic (exact) mass is 406 g/mol. The number of rotatable bonds is 5. The smallest absolute Gasteiger partial charge is 0.228 e. The van der Waals surface area contributed by atoms with Crippen LogP contribution in [0.1, 0.15) is 24.0 Å². The van der Waals surface area contributed by atoms with Crippen molar-refractivity contribution in [2.75, 3.05) is 18.4 Å². The fraction of sp³-hybridized carbons (Fsp3) is 0.350. The van der Waals surface area contributed by atoms with Crippen LogP contribution in [0.3, 0.4) is 0 Å². The quantitative estimate of drug-likeness (QED) is 0.820. The van der Waals surface area contributed by atoms with Crippen molar-refractivity contribution < 1.29 is 13.2 Å². The summed E-state index contributed by atoms with van der Waals surface area (Å²) < 4.78 is 27.0. The highest BCUT2D eigenvalue weighted by molar-refractivity contribution is 7.88. The molecule has 0 aromatic heterocycles. The molecule has 1 fully saturated rings. The van der Waals surface area contributed by atoms with Crippen molar-refractivity contribution in [3.05, 3.63) is 64.7 Å². The molecule has 1 unspecified atom stereocenters. The molecule has 1 saturated heterocycles. The van der Waals surface area contributed by atoms with Crippen molar-refractivity contribution in [3.63, 3.8) is 0 Å². The number of anilines is 1. The van der Waals surface area contributed by atoms with E-state index in [1.54, 1.807) is 30.3 Å². The molecule has 1 atom stereocenters. The topological polar surface area (TPSA) is 66.5 Å².